The molecule has 2 aromatic rings. The van der Waals surface area contributed by atoms with Crippen LogP contribution in [0.15, 0.2) is 18.2 Å². The summed E-state index contributed by atoms with van der Waals surface area (Å²) >= 11 is 0. The molecule has 0 spiro atoms. The quantitative estimate of drug-likeness (QED) is 0.944. The average molecular weight is 311 g/mol. The maximum absolute atomic E-state index is 12.6. The summed E-state index contributed by atoms with van der Waals surface area (Å²) in [5.41, 5.74) is 6.47. The molecule has 1 atom stereocenters. The zero-order valence-corrected chi connectivity index (χ0v) is 14.4. The zero-order valence-electron chi connectivity index (χ0n) is 14.4. The van der Waals surface area contributed by atoms with Crippen molar-refractivity contribution in [3.8, 4) is 0 Å². The van der Waals surface area contributed by atoms with E-state index in [1.165, 1.54) is 36.0 Å². The molecule has 4 heteroatoms. The number of carbonyl (C=O) groups is 1. The van der Waals surface area contributed by atoms with Crippen LogP contribution < -0.4 is 5.32 Å². The molecular formula is C19H25N3O. The lowest BCUT2D eigenvalue weighted by molar-refractivity contribution is 0.0938. The standard InChI is InChI=1S/C19H25N3O/c1-12(16-10-9-15-7-5-6-8-17(15)11-16)20-19(23)18-13(2)21-22(4)14(18)3/h9-12H,5-8H2,1-4H3,(H,20,23). The number of amides is 1. The molecule has 1 aromatic carbocycles. The number of carbonyl (C=O) groups excluding carboxylic acids is 1. The molecule has 0 saturated heterocycles. The molecule has 3 rings (SSSR count). The zero-order chi connectivity index (χ0) is 16.6. The van der Waals surface area contributed by atoms with Gasteiger partial charge in [0.15, 0.2) is 0 Å². The lowest BCUT2D eigenvalue weighted by atomic mass is 9.89. The van der Waals surface area contributed by atoms with Crippen LogP contribution in [0.3, 0.4) is 0 Å². The molecular weight excluding hydrogens is 286 g/mol. The molecule has 1 heterocycles. The number of rotatable bonds is 3. The van der Waals surface area contributed by atoms with E-state index in [2.05, 4.69) is 28.6 Å². The number of fused-ring (bicyclic) bond motifs is 1. The fraction of sp³-hybridized carbons (Fsp3) is 0.474. The Morgan fingerprint density at radius 1 is 1.22 bits per heavy atom. The second-order valence-corrected chi connectivity index (χ2v) is 6.60. The number of benzene rings is 1. The Labute approximate surface area is 137 Å². The fourth-order valence-corrected chi connectivity index (χ4v) is 3.48. The van der Waals surface area contributed by atoms with Crippen molar-refractivity contribution in [3.63, 3.8) is 0 Å². The summed E-state index contributed by atoms with van der Waals surface area (Å²) < 4.78 is 1.76. The van der Waals surface area contributed by atoms with Crippen molar-refractivity contribution in [2.75, 3.05) is 0 Å². The van der Waals surface area contributed by atoms with Gasteiger partial charge in [0.1, 0.15) is 0 Å². The Kier molecular flexibility index (Phi) is 4.24. The van der Waals surface area contributed by atoms with Gasteiger partial charge in [-0.3, -0.25) is 9.48 Å². The van der Waals surface area contributed by atoms with Crippen LogP contribution in [0.5, 0.6) is 0 Å². The lowest BCUT2D eigenvalue weighted by Gasteiger charge is -2.20. The van der Waals surface area contributed by atoms with Gasteiger partial charge in [-0.1, -0.05) is 18.2 Å². The summed E-state index contributed by atoms with van der Waals surface area (Å²) in [6.07, 6.45) is 4.90. The van der Waals surface area contributed by atoms with Crippen LogP contribution >= 0.6 is 0 Å². The summed E-state index contributed by atoms with van der Waals surface area (Å²) in [4.78, 5) is 12.6. The first-order valence-electron chi connectivity index (χ1n) is 8.40. The number of hydrogen-bond donors (Lipinski definition) is 1. The Hall–Kier alpha value is -2.10. The summed E-state index contributed by atoms with van der Waals surface area (Å²) in [6, 6.07) is 6.64. The minimum absolute atomic E-state index is 0.00580. The van der Waals surface area contributed by atoms with Crippen molar-refractivity contribution in [2.24, 2.45) is 7.05 Å². The van der Waals surface area contributed by atoms with Crippen LogP contribution in [0.25, 0.3) is 0 Å². The van der Waals surface area contributed by atoms with Crippen molar-refractivity contribution < 1.29 is 4.79 Å². The van der Waals surface area contributed by atoms with Crippen molar-refractivity contribution in [2.45, 2.75) is 52.5 Å². The minimum atomic E-state index is -0.0432. The molecule has 1 aromatic heterocycles. The minimum Gasteiger partial charge on any atom is -0.345 e. The van der Waals surface area contributed by atoms with Crippen LogP contribution in [0, 0.1) is 13.8 Å². The van der Waals surface area contributed by atoms with Crippen LogP contribution in [-0.2, 0) is 19.9 Å². The summed E-state index contributed by atoms with van der Waals surface area (Å²) in [5.74, 6) is -0.0432. The Morgan fingerprint density at radius 3 is 2.57 bits per heavy atom. The first-order valence-corrected chi connectivity index (χ1v) is 8.40. The van der Waals surface area contributed by atoms with E-state index in [1.807, 2.05) is 27.8 Å². The highest BCUT2D eigenvalue weighted by molar-refractivity contribution is 5.96. The van der Waals surface area contributed by atoms with Gasteiger partial charge in [-0.2, -0.15) is 5.10 Å². The van der Waals surface area contributed by atoms with Crippen molar-refractivity contribution in [3.05, 3.63) is 51.8 Å². The third-order valence-electron chi connectivity index (χ3n) is 4.96. The summed E-state index contributed by atoms with van der Waals surface area (Å²) in [7, 11) is 1.87. The molecule has 0 saturated carbocycles. The predicted molar refractivity (Wildman–Crippen MR) is 91.6 cm³/mol. The number of aryl methyl sites for hydroxylation is 4. The largest absolute Gasteiger partial charge is 0.345 e. The number of nitrogens with zero attached hydrogens (tertiary/aromatic N) is 2. The van der Waals surface area contributed by atoms with Gasteiger partial charge in [-0.05, 0) is 63.1 Å². The van der Waals surface area contributed by atoms with Crippen LogP contribution in [0.2, 0.25) is 0 Å². The van der Waals surface area contributed by atoms with E-state index in [9.17, 15) is 4.79 Å². The molecule has 1 aliphatic carbocycles. The lowest BCUT2D eigenvalue weighted by Crippen LogP contribution is -2.27. The molecule has 1 N–H and O–H groups in total. The van der Waals surface area contributed by atoms with Crippen molar-refractivity contribution >= 4 is 5.91 Å². The Bertz CT molecular complexity index is 745. The van der Waals surface area contributed by atoms with Gasteiger partial charge >= 0.3 is 0 Å². The maximum Gasteiger partial charge on any atom is 0.255 e. The highest BCUT2D eigenvalue weighted by Crippen LogP contribution is 2.25. The van der Waals surface area contributed by atoms with Crippen LogP contribution in [-0.4, -0.2) is 15.7 Å². The number of nitrogens with one attached hydrogen (secondary N) is 1. The maximum atomic E-state index is 12.6. The van der Waals surface area contributed by atoms with Gasteiger partial charge in [-0.25, -0.2) is 0 Å². The predicted octanol–water partition coefficient (Wildman–Crippen LogP) is 3.41. The van der Waals surface area contributed by atoms with Gasteiger partial charge in [0.05, 0.1) is 17.3 Å². The number of aromatic nitrogens is 2. The molecule has 1 aliphatic rings. The van der Waals surface area contributed by atoms with Crippen molar-refractivity contribution in [1.29, 1.82) is 0 Å². The van der Waals surface area contributed by atoms with E-state index in [0.717, 1.165) is 17.8 Å². The molecule has 4 nitrogen and oxygen atoms in total. The molecule has 0 radical (unpaired) electrons. The van der Waals surface area contributed by atoms with Crippen LogP contribution in [0.4, 0.5) is 0 Å². The Balaban J connectivity index is 1.78. The molecule has 1 amide bonds. The third kappa shape index (κ3) is 3.03. The van der Waals surface area contributed by atoms with Gasteiger partial charge in [0, 0.05) is 12.7 Å². The average Bonchev–Trinajstić information content (AvgIpc) is 2.79. The van der Waals surface area contributed by atoms with E-state index in [4.69, 9.17) is 0 Å². The van der Waals surface area contributed by atoms with Crippen LogP contribution in [0.1, 0.15) is 64.2 Å². The highest BCUT2D eigenvalue weighted by Gasteiger charge is 2.20. The molecule has 0 aliphatic heterocycles. The summed E-state index contributed by atoms with van der Waals surface area (Å²) in [5, 5.41) is 7.45. The second kappa shape index (κ2) is 6.19. The second-order valence-electron chi connectivity index (χ2n) is 6.60. The molecule has 0 fully saturated rings. The van der Waals surface area contributed by atoms with E-state index < -0.39 is 0 Å². The van der Waals surface area contributed by atoms with Crippen molar-refractivity contribution in [1.82, 2.24) is 15.1 Å². The first-order chi connectivity index (χ1) is 11.0. The summed E-state index contributed by atoms with van der Waals surface area (Å²) in [6.45, 7) is 5.85. The Morgan fingerprint density at radius 2 is 1.91 bits per heavy atom. The highest BCUT2D eigenvalue weighted by atomic mass is 16.1. The van der Waals surface area contributed by atoms with Gasteiger partial charge < -0.3 is 5.32 Å². The molecule has 23 heavy (non-hydrogen) atoms. The van der Waals surface area contributed by atoms with Gasteiger partial charge in [0.2, 0.25) is 0 Å². The molecule has 122 valence electrons. The first kappa shape index (κ1) is 15.8. The SMILES string of the molecule is Cc1nn(C)c(C)c1C(=O)NC(C)c1ccc2c(c1)CCCC2. The van der Waals surface area contributed by atoms with E-state index in [0.29, 0.717) is 5.56 Å². The van der Waals surface area contributed by atoms with E-state index in [1.54, 1.807) is 4.68 Å². The van der Waals surface area contributed by atoms with Gasteiger partial charge in [0.25, 0.3) is 5.91 Å². The molecule has 1 unspecified atom stereocenters. The van der Waals surface area contributed by atoms with E-state index in [-0.39, 0.29) is 11.9 Å². The molecule has 0 bridgehead atoms. The smallest absolute Gasteiger partial charge is 0.255 e. The van der Waals surface area contributed by atoms with E-state index >= 15 is 0 Å². The van der Waals surface area contributed by atoms with Gasteiger partial charge in [-0.15, -0.1) is 0 Å². The number of hydrogen-bond acceptors (Lipinski definition) is 2. The monoisotopic (exact) mass is 311 g/mol. The fourth-order valence-electron chi connectivity index (χ4n) is 3.48. The third-order valence-corrected chi connectivity index (χ3v) is 4.96. The topological polar surface area (TPSA) is 46.9 Å². The normalized spacial score (nSPS) is 15.1.